The van der Waals surface area contributed by atoms with Crippen molar-refractivity contribution >= 4 is 21.9 Å². The number of aliphatic carboxylic acids is 1. The van der Waals surface area contributed by atoms with Crippen LogP contribution >= 0.6 is 15.9 Å². The molecule has 0 bridgehead atoms. The molecule has 2 rings (SSSR count). The molecule has 0 aromatic heterocycles. The van der Waals surface area contributed by atoms with Crippen molar-refractivity contribution in [2.75, 3.05) is 0 Å². The minimum atomic E-state index is -0.886. The highest BCUT2D eigenvalue weighted by Crippen LogP contribution is 2.28. The Hall–Kier alpha value is -1.87. The first-order valence-electron chi connectivity index (χ1n) is 6.30. The Morgan fingerprint density at radius 1 is 1.05 bits per heavy atom. The highest BCUT2D eigenvalue weighted by atomic mass is 79.9. The van der Waals surface area contributed by atoms with Crippen molar-refractivity contribution in [1.29, 1.82) is 0 Å². The number of carboxylic acids is 1. The van der Waals surface area contributed by atoms with Crippen molar-refractivity contribution in [2.45, 2.75) is 12.8 Å². The van der Waals surface area contributed by atoms with Crippen LogP contribution in [-0.4, -0.2) is 11.1 Å². The van der Waals surface area contributed by atoms with Gasteiger partial charge in [-0.05, 0) is 30.2 Å². The summed E-state index contributed by atoms with van der Waals surface area (Å²) in [4.78, 5) is 11.1. The van der Waals surface area contributed by atoms with E-state index in [9.17, 15) is 4.79 Å². The van der Waals surface area contributed by atoms with Gasteiger partial charge >= 0.3 is 5.97 Å². The summed E-state index contributed by atoms with van der Waals surface area (Å²) in [6, 6.07) is 17.9. The first-order chi connectivity index (χ1) is 9.58. The molecule has 0 fully saturated rings. The highest BCUT2D eigenvalue weighted by molar-refractivity contribution is 9.10. The van der Waals surface area contributed by atoms with Crippen molar-refractivity contribution in [2.24, 2.45) is 0 Å². The van der Waals surface area contributed by atoms with Gasteiger partial charge in [0, 0.05) is 16.0 Å². The van der Waals surface area contributed by atoms with Crippen LogP contribution in [-0.2, 0) is 4.79 Å². The minimum Gasteiger partial charge on any atom is -0.478 e. The molecular weight excluding hydrogens is 316 g/mol. The van der Waals surface area contributed by atoms with Crippen LogP contribution in [0.15, 0.2) is 70.7 Å². The number of carbonyl (C=O) groups is 1. The van der Waals surface area contributed by atoms with Gasteiger partial charge in [0.15, 0.2) is 0 Å². The summed E-state index contributed by atoms with van der Waals surface area (Å²) in [5, 5.41) is 9.09. The maximum absolute atomic E-state index is 11.1. The van der Waals surface area contributed by atoms with Gasteiger partial charge in [0.1, 0.15) is 0 Å². The van der Waals surface area contributed by atoms with Gasteiger partial charge in [-0.25, -0.2) is 4.79 Å². The fourth-order valence-electron chi connectivity index (χ4n) is 2.04. The van der Waals surface area contributed by atoms with Gasteiger partial charge in [-0.3, -0.25) is 0 Å². The van der Waals surface area contributed by atoms with Crippen LogP contribution in [0.2, 0.25) is 0 Å². The standard InChI is InChI=1S/C17H15BrO2/c1-12(17(19)20)11-16(13-5-3-2-4-6-13)14-7-9-15(18)10-8-14/h2-11,16H,1H3,(H,19,20)/b12-11+. The Morgan fingerprint density at radius 2 is 1.60 bits per heavy atom. The van der Waals surface area contributed by atoms with E-state index >= 15 is 0 Å². The van der Waals surface area contributed by atoms with E-state index in [4.69, 9.17) is 5.11 Å². The first-order valence-corrected chi connectivity index (χ1v) is 7.09. The molecule has 0 aliphatic carbocycles. The van der Waals surface area contributed by atoms with Crippen molar-refractivity contribution in [3.63, 3.8) is 0 Å². The monoisotopic (exact) mass is 330 g/mol. The third-order valence-corrected chi connectivity index (χ3v) is 3.67. The van der Waals surface area contributed by atoms with Crippen LogP contribution in [0.4, 0.5) is 0 Å². The smallest absolute Gasteiger partial charge is 0.330 e. The van der Waals surface area contributed by atoms with Crippen LogP contribution in [0.1, 0.15) is 24.0 Å². The lowest BCUT2D eigenvalue weighted by atomic mass is 9.90. The van der Waals surface area contributed by atoms with Gasteiger partial charge in [-0.15, -0.1) is 0 Å². The van der Waals surface area contributed by atoms with Crippen molar-refractivity contribution in [3.8, 4) is 0 Å². The summed E-state index contributed by atoms with van der Waals surface area (Å²) in [7, 11) is 0. The van der Waals surface area contributed by atoms with Crippen LogP contribution in [0.25, 0.3) is 0 Å². The average molecular weight is 331 g/mol. The van der Waals surface area contributed by atoms with Gasteiger partial charge in [0.25, 0.3) is 0 Å². The topological polar surface area (TPSA) is 37.3 Å². The van der Waals surface area contributed by atoms with E-state index in [0.29, 0.717) is 5.57 Å². The molecule has 0 heterocycles. The summed E-state index contributed by atoms with van der Waals surface area (Å²) in [6.07, 6.45) is 1.79. The lowest BCUT2D eigenvalue weighted by molar-refractivity contribution is -0.132. The number of benzene rings is 2. The second-order valence-electron chi connectivity index (χ2n) is 4.59. The number of allylic oxidation sites excluding steroid dienone is 1. The average Bonchev–Trinajstić information content (AvgIpc) is 2.46. The van der Waals surface area contributed by atoms with E-state index in [-0.39, 0.29) is 5.92 Å². The molecular formula is C17H15BrO2. The van der Waals surface area contributed by atoms with Gasteiger partial charge in [0.05, 0.1) is 0 Å². The lowest BCUT2D eigenvalue weighted by Crippen LogP contribution is -2.03. The van der Waals surface area contributed by atoms with Crippen LogP contribution in [0, 0.1) is 0 Å². The fraction of sp³-hybridized carbons (Fsp3) is 0.118. The maximum Gasteiger partial charge on any atom is 0.330 e. The molecule has 0 spiro atoms. The van der Waals surface area contributed by atoms with Crippen molar-refractivity contribution < 1.29 is 9.90 Å². The molecule has 102 valence electrons. The Bertz CT molecular complexity index is 615. The Balaban J connectivity index is 2.47. The van der Waals surface area contributed by atoms with Gasteiger partial charge in [-0.2, -0.15) is 0 Å². The fourth-order valence-corrected chi connectivity index (χ4v) is 2.30. The van der Waals surface area contributed by atoms with Crippen LogP contribution in [0.3, 0.4) is 0 Å². The van der Waals surface area contributed by atoms with E-state index < -0.39 is 5.97 Å². The molecule has 0 aliphatic heterocycles. The molecule has 0 aliphatic rings. The molecule has 3 heteroatoms. The molecule has 2 nitrogen and oxygen atoms in total. The zero-order valence-electron chi connectivity index (χ0n) is 11.1. The van der Waals surface area contributed by atoms with Gasteiger partial charge in [0.2, 0.25) is 0 Å². The zero-order chi connectivity index (χ0) is 14.5. The summed E-state index contributed by atoms with van der Waals surface area (Å²) in [6.45, 7) is 1.62. The Kier molecular flexibility index (Phi) is 4.74. The van der Waals surface area contributed by atoms with Crippen LogP contribution in [0.5, 0.6) is 0 Å². The summed E-state index contributed by atoms with van der Waals surface area (Å²) in [5.74, 6) is -0.941. The summed E-state index contributed by atoms with van der Waals surface area (Å²) < 4.78 is 1.01. The largest absolute Gasteiger partial charge is 0.478 e. The third-order valence-electron chi connectivity index (χ3n) is 3.14. The number of halogens is 1. The maximum atomic E-state index is 11.1. The quantitative estimate of drug-likeness (QED) is 0.831. The minimum absolute atomic E-state index is 0.0552. The molecule has 20 heavy (non-hydrogen) atoms. The number of rotatable bonds is 4. The molecule has 1 atom stereocenters. The number of hydrogen-bond acceptors (Lipinski definition) is 1. The second-order valence-corrected chi connectivity index (χ2v) is 5.51. The number of carboxylic acid groups (broad SMARTS) is 1. The molecule has 0 radical (unpaired) electrons. The molecule has 1 unspecified atom stereocenters. The zero-order valence-corrected chi connectivity index (χ0v) is 12.7. The number of hydrogen-bond donors (Lipinski definition) is 1. The molecule has 0 amide bonds. The molecule has 0 saturated carbocycles. The van der Waals surface area contributed by atoms with E-state index in [0.717, 1.165) is 15.6 Å². The summed E-state index contributed by atoms with van der Waals surface area (Å²) in [5.41, 5.74) is 2.50. The molecule has 2 aromatic rings. The predicted octanol–water partition coefficient (Wildman–Crippen LogP) is 4.61. The van der Waals surface area contributed by atoms with Gasteiger partial charge in [-0.1, -0.05) is 64.5 Å². The Morgan fingerprint density at radius 3 is 2.15 bits per heavy atom. The normalized spacial score (nSPS) is 13.0. The van der Waals surface area contributed by atoms with Crippen molar-refractivity contribution in [1.82, 2.24) is 0 Å². The van der Waals surface area contributed by atoms with Gasteiger partial charge < -0.3 is 5.11 Å². The molecule has 0 saturated heterocycles. The van der Waals surface area contributed by atoms with E-state index in [1.54, 1.807) is 13.0 Å². The molecule has 1 N–H and O–H groups in total. The molecule has 2 aromatic carbocycles. The second kappa shape index (κ2) is 6.53. The summed E-state index contributed by atoms with van der Waals surface area (Å²) >= 11 is 3.42. The van der Waals surface area contributed by atoms with E-state index in [1.807, 2.05) is 54.6 Å². The lowest BCUT2D eigenvalue weighted by Gasteiger charge is -2.15. The third kappa shape index (κ3) is 3.58. The van der Waals surface area contributed by atoms with E-state index in [1.165, 1.54) is 0 Å². The highest BCUT2D eigenvalue weighted by Gasteiger charge is 2.13. The SMILES string of the molecule is C/C(=C\C(c1ccccc1)c1ccc(Br)cc1)C(=O)O. The van der Waals surface area contributed by atoms with Crippen molar-refractivity contribution in [3.05, 3.63) is 81.8 Å². The first kappa shape index (κ1) is 14.5. The predicted molar refractivity (Wildman–Crippen MR) is 83.8 cm³/mol. The Labute approximate surface area is 126 Å². The van der Waals surface area contributed by atoms with Crippen LogP contribution < -0.4 is 0 Å². The van der Waals surface area contributed by atoms with E-state index in [2.05, 4.69) is 15.9 Å².